The molecular formula is C9H7ClN2O3. The lowest BCUT2D eigenvalue weighted by Crippen LogP contribution is -1.96. The van der Waals surface area contributed by atoms with Crippen LogP contribution in [0.1, 0.15) is 11.3 Å². The number of aliphatic hydroxyl groups is 1. The smallest absolute Gasteiger partial charge is 0.307 e. The number of halogens is 1. The van der Waals surface area contributed by atoms with E-state index in [-0.39, 0.29) is 17.4 Å². The van der Waals surface area contributed by atoms with Crippen LogP contribution in [0.4, 0.5) is 5.69 Å². The molecule has 0 saturated carbocycles. The molecule has 1 rings (SSSR count). The number of hydrogen-bond donors (Lipinski definition) is 1. The Labute approximate surface area is 90.9 Å². The molecule has 0 saturated heterocycles. The van der Waals surface area contributed by atoms with Gasteiger partial charge in [0, 0.05) is 6.07 Å². The van der Waals surface area contributed by atoms with E-state index in [1.54, 1.807) is 6.92 Å². The minimum absolute atomic E-state index is 0.160. The normalized spacial score (nSPS) is 9.27. The summed E-state index contributed by atoms with van der Waals surface area (Å²) >= 11 is 5.58. The first-order chi connectivity index (χ1) is 7.06. The first-order valence-electron chi connectivity index (χ1n) is 3.97. The van der Waals surface area contributed by atoms with E-state index < -0.39 is 4.92 Å². The summed E-state index contributed by atoms with van der Waals surface area (Å²) in [7, 11) is 0. The Morgan fingerprint density at radius 2 is 2.40 bits per heavy atom. The van der Waals surface area contributed by atoms with E-state index in [1.165, 1.54) is 6.07 Å². The summed E-state index contributed by atoms with van der Waals surface area (Å²) in [4.78, 5) is 13.7. The lowest BCUT2D eigenvalue weighted by Gasteiger charge is -1.99. The molecule has 0 unspecified atom stereocenters. The number of aromatic nitrogens is 1. The molecule has 0 spiro atoms. The van der Waals surface area contributed by atoms with Crippen LogP contribution in [0.2, 0.25) is 5.15 Å². The summed E-state index contributed by atoms with van der Waals surface area (Å²) in [5, 5.41) is 18.9. The second-order valence-electron chi connectivity index (χ2n) is 2.65. The summed E-state index contributed by atoms with van der Waals surface area (Å²) in [6.45, 7) is 1.33. The van der Waals surface area contributed by atoms with Crippen LogP contribution >= 0.6 is 11.6 Å². The lowest BCUT2D eigenvalue weighted by molar-refractivity contribution is -0.385. The van der Waals surface area contributed by atoms with Gasteiger partial charge in [0.1, 0.15) is 6.61 Å². The number of aliphatic hydroxyl groups excluding tert-OH is 1. The average Bonchev–Trinajstić information content (AvgIpc) is 2.16. The molecule has 0 amide bonds. The van der Waals surface area contributed by atoms with Gasteiger partial charge in [-0.05, 0) is 6.92 Å². The third-order valence-corrected chi connectivity index (χ3v) is 1.93. The molecule has 1 heterocycles. The maximum atomic E-state index is 10.5. The predicted molar refractivity (Wildman–Crippen MR) is 54.6 cm³/mol. The highest BCUT2D eigenvalue weighted by Gasteiger charge is 2.15. The number of aryl methyl sites for hydroxylation is 1. The Bertz CT molecular complexity index is 462. The highest BCUT2D eigenvalue weighted by atomic mass is 35.5. The first-order valence-corrected chi connectivity index (χ1v) is 4.35. The molecule has 15 heavy (non-hydrogen) atoms. The largest absolute Gasteiger partial charge is 0.384 e. The third kappa shape index (κ3) is 2.65. The van der Waals surface area contributed by atoms with E-state index in [4.69, 9.17) is 16.7 Å². The molecule has 0 aromatic carbocycles. The van der Waals surface area contributed by atoms with Crippen LogP contribution in [-0.2, 0) is 0 Å². The highest BCUT2D eigenvalue weighted by Crippen LogP contribution is 2.24. The standard InChI is InChI=1S/C9H7ClN2O3/c1-6-7(3-2-4-13)5-8(12(14)15)9(10)11-6/h5,13H,4H2,1H3. The van der Waals surface area contributed by atoms with Gasteiger partial charge in [-0.1, -0.05) is 23.4 Å². The molecule has 6 heteroatoms. The molecule has 1 N–H and O–H groups in total. The van der Waals surface area contributed by atoms with Gasteiger partial charge in [0.05, 0.1) is 16.2 Å². The van der Waals surface area contributed by atoms with Crippen LogP contribution in [0.25, 0.3) is 0 Å². The molecule has 0 bridgehead atoms. The quantitative estimate of drug-likeness (QED) is 0.339. The van der Waals surface area contributed by atoms with E-state index in [0.29, 0.717) is 11.3 Å². The third-order valence-electron chi connectivity index (χ3n) is 1.65. The van der Waals surface area contributed by atoms with Crippen LogP contribution in [0.3, 0.4) is 0 Å². The Morgan fingerprint density at radius 1 is 1.73 bits per heavy atom. The number of nitro groups is 1. The van der Waals surface area contributed by atoms with Crippen LogP contribution < -0.4 is 0 Å². The Hall–Kier alpha value is -1.64. The maximum Gasteiger partial charge on any atom is 0.307 e. The number of nitrogens with zero attached hydrogens (tertiary/aromatic N) is 2. The van der Waals surface area contributed by atoms with Gasteiger partial charge in [0.25, 0.3) is 0 Å². The van der Waals surface area contributed by atoms with Crippen LogP contribution in [0.5, 0.6) is 0 Å². The number of hydrogen-bond acceptors (Lipinski definition) is 4. The second-order valence-corrected chi connectivity index (χ2v) is 3.01. The van der Waals surface area contributed by atoms with Gasteiger partial charge in [-0.2, -0.15) is 0 Å². The summed E-state index contributed by atoms with van der Waals surface area (Å²) in [5.74, 6) is 4.95. The van der Waals surface area contributed by atoms with E-state index >= 15 is 0 Å². The molecule has 0 atom stereocenters. The fourth-order valence-electron chi connectivity index (χ4n) is 0.955. The van der Waals surface area contributed by atoms with Crippen molar-refractivity contribution in [2.24, 2.45) is 0 Å². The van der Waals surface area contributed by atoms with Crippen LogP contribution in [0, 0.1) is 28.9 Å². The van der Waals surface area contributed by atoms with Crippen LogP contribution in [-0.4, -0.2) is 21.6 Å². The fourth-order valence-corrected chi connectivity index (χ4v) is 1.21. The van der Waals surface area contributed by atoms with Crippen molar-refractivity contribution in [3.63, 3.8) is 0 Å². The van der Waals surface area contributed by atoms with Gasteiger partial charge in [-0.3, -0.25) is 10.1 Å². The van der Waals surface area contributed by atoms with Gasteiger partial charge in [-0.15, -0.1) is 0 Å². The van der Waals surface area contributed by atoms with Gasteiger partial charge < -0.3 is 5.11 Å². The van der Waals surface area contributed by atoms with Crippen molar-refractivity contribution in [3.8, 4) is 11.8 Å². The van der Waals surface area contributed by atoms with Crippen molar-refractivity contribution < 1.29 is 10.0 Å². The molecule has 0 aliphatic carbocycles. The Balaban J connectivity index is 3.29. The van der Waals surface area contributed by atoms with Crippen molar-refractivity contribution in [1.29, 1.82) is 0 Å². The first kappa shape index (κ1) is 11.4. The molecule has 0 radical (unpaired) electrons. The average molecular weight is 227 g/mol. The SMILES string of the molecule is Cc1nc(Cl)c([N+](=O)[O-])cc1C#CCO. The van der Waals surface area contributed by atoms with Gasteiger partial charge in [-0.25, -0.2) is 4.98 Å². The molecule has 1 aromatic rings. The molecule has 0 aliphatic heterocycles. The second kappa shape index (κ2) is 4.73. The monoisotopic (exact) mass is 226 g/mol. The summed E-state index contributed by atoms with van der Waals surface area (Å²) < 4.78 is 0. The van der Waals surface area contributed by atoms with E-state index in [9.17, 15) is 10.1 Å². The Morgan fingerprint density at radius 3 is 2.93 bits per heavy atom. The maximum absolute atomic E-state index is 10.5. The van der Waals surface area contributed by atoms with Gasteiger partial charge in [0.15, 0.2) is 0 Å². The Kier molecular flexibility index (Phi) is 3.61. The topological polar surface area (TPSA) is 76.3 Å². The van der Waals surface area contributed by atoms with Gasteiger partial charge >= 0.3 is 5.69 Å². The van der Waals surface area contributed by atoms with Crippen molar-refractivity contribution in [3.05, 3.63) is 32.6 Å². The van der Waals surface area contributed by atoms with Gasteiger partial charge in [0.2, 0.25) is 5.15 Å². The van der Waals surface area contributed by atoms with E-state index in [1.807, 2.05) is 0 Å². The fraction of sp³-hybridized carbons (Fsp3) is 0.222. The molecular weight excluding hydrogens is 220 g/mol. The molecule has 0 fully saturated rings. The minimum Gasteiger partial charge on any atom is -0.384 e. The van der Waals surface area contributed by atoms with Crippen molar-refractivity contribution in [2.75, 3.05) is 6.61 Å². The molecule has 1 aromatic heterocycles. The zero-order valence-corrected chi connectivity index (χ0v) is 8.58. The van der Waals surface area contributed by atoms with E-state index in [2.05, 4.69) is 16.8 Å². The van der Waals surface area contributed by atoms with Crippen LogP contribution in [0.15, 0.2) is 6.07 Å². The zero-order valence-electron chi connectivity index (χ0n) is 7.82. The van der Waals surface area contributed by atoms with Crippen molar-refractivity contribution >= 4 is 17.3 Å². The lowest BCUT2D eigenvalue weighted by atomic mass is 10.2. The van der Waals surface area contributed by atoms with Crippen molar-refractivity contribution in [2.45, 2.75) is 6.92 Å². The molecule has 78 valence electrons. The summed E-state index contributed by atoms with van der Waals surface area (Å²) in [6, 6.07) is 1.24. The minimum atomic E-state index is -0.626. The zero-order chi connectivity index (χ0) is 11.4. The predicted octanol–water partition coefficient (Wildman–Crippen LogP) is 1.30. The number of rotatable bonds is 1. The number of pyridine rings is 1. The molecule has 5 nitrogen and oxygen atoms in total. The van der Waals surface area contributed by atoms with Crippen molar-refractivity contribution in [1.82, 2.24) is 4.98 Å². The van der Waals surface area contributed by atoms with E-state index in [0.717, 1.165) is 0 Å². The highest BCUT2D eigenvalue weighted by molar-refractivity contribution is 6.31. The molecule has 0 aliphatic rings. The summed E-state index contributed by atoms with van der Waals surface area (Å²) in [6.07, 6.45) is 0. The summed E-state index contributed by atoms with van der Waals surface area (Å²) in [5.41, 5.74) is 0.594.